The van der Waals surface area contributed by atoms with E-state index in [2.05, 4.69) is 25.9 Å². The van der Waals surface area contributed by atoms with E-state index < -0.39 is 18.0 Å². The van der Waals surface area contributed by atoms with Crippen LogP contribution in [0.3, 0.4) is 0 Å². The van der Waals surface area contributed by atoms with Crippen LogP contribution >= 0.6 is 0 Å². The molecule has 3 rings (SSSR count). The number of anilines is 3. The largest absolute Gasteiger partial charge is 0.481 e. The monoisotopic (exact) mass is 444 g/mol. The van der Waals surface area contributed by atoms with Crippen molar-refractivity contribution in [2.45, 2.75) is 38.3 Å². The Hall–Kier alpha value is -3.81. The molecular weight excluding hydrogens is 419 g/mol. The second-order valence-electron chi connectivity index (χ2n) is 7.49. The molecule has 4 N–H and O–H groups in total. The number of amides is 1. The predicted octanol–water partition coefficient (Wildman–Crippen LogP) is 3.48. The van der Waals surface area contributed by atoms with Gasteiger partial charge in [0.25, 0.3) is 0 Å². The number of aromatic nitrogens is 2. The summed E-state index contributed by atoms with van der Waals surface area (Å²) >= 11 is 0. The Morgan fingerprint density at radius 1 is 1.22 bits per heavy atom. The molecule has 1 aliphatic rings. The number of pyridine rings is 2. The van der Waals surface area contributed by atoms with E-state index >= 15 is 0 Å². The molecule has 0 aliphatic heterocycles. The minimum atomic E-state index is -1.15. The number of ether oxygens (including phenoxy) is 2. The highest BCUT2D eigenvalue weighted by molar-refractivity contribution is 5.67. The normalized spacial score (nSPS) is 15.0. The number of carbonyl (C=O) groups is 1. The molecule has 170 valence electrons. The molecular formula is C21H25FN6O4. The van der Waals surface area contributed by atoms with Gasteiger partial charge in [-0.3, -0.25) is 0 Å². The third-order valence-electron chi connectivity index (χ3n) is 5.41. The second kappa shape index (κ2) is 10.00. The van der Waals surface area contributed by atoms with Crippen LogP contribution in [0.15, 0.2) is 18.2 Å². The Balaban J connectivity index is 1.92. The van der Waals surface area contributed by atoms with Crippen LogP contribution < -0.4 is 25.4 Å². The van der Waals surface area contributed by atoms with Gasteiger partial charge in [-0.1, -0.05) is 6.42 Å². The molecule has 1 fully saturated rings. The van der Waals surface area contributed by atoms with Gasteiger partial charge in [0, 0.05) is 18.2 Å². The molecule has 32 heavy (non-hydrogen) atoms. The molecule has 2 aromatic rings. The van der Waals surface area contributed by atoms with Crippen LogP contribution in [0.5, 0.6) is 11.8 Å². The molecule has 2 aromatic heterocycles. The van der Waals surface area contributed by atoms with Crippen LogP contribution in [-0.2, 0) is 0 Å². The number of carboxylic acid groups (broad SMARTS) is 1. The first-order valence-corrected chi connectivity index (χ1v) is 10.1. The number of hydrogen-bond donors (Lipinski definition) is 4. The average Bonchev–Trinajstić information content (AvgIpc) is 2.72. The third-order valence-corrected chi connectivity index (χ3v) is 5.41. The lowest BCUT2D eigenvalue weighted by molar-refractivity contribution is 0.180. The average molecular weight is 444 g/mol. The fraction of sp³-hybridized carbons (Fsp3) is 0.429. The summed E-state index contributed by atoms with van der Waals surface area (Å²) in [6.45, 7) is 1.72. The van der Waals surface area contributed by atoms with Crippen molar-refractivity contribution in [1.29, 1.82) is 5.26 Å². The highest BCUT2D eigenvalue weighted by Gasteiger charge is 2.33. The number of nitrogens with zero attached hydrogens (tertiary/aromatic N) is 3. The van der Waals surface area contributed by atoms with Crippen molar-refractivity contribution in [2.24, 2.45) is 5.92 Å². The van der Waals surface area contributed by atoms with Crippen LogP contribution in [0.2, 0.25) is 0 Å². The van der Waals surface area contributed by atoms with E-state index in [0.717, 1.165) is 25.3 Å². The number of halogens is 1. The Labute approximate surface area is 184 Å². The van der Waals surface area contributed by atoms with Gasteiger partial charge in [0.1, 0.15) is 6.07 Å². The molecule has 2 atom stereocenters. The summed E-state index contributed by atoms with van der Waals surface area (Å²) in [4.78, 5) is 19.5. The molecule has 0 radical (unpaired) electrons. The number of hydrogen-bond acceptors (Lipinski definition) is 8. The second-order valence-corrected chi connectivity index (χ2v) is 7.49. The molecule has 0 unspecified atom stereocenters. The fourth-order valence-corrected chi connectivity index (χ4v) is 3.56. The zero-order valence-corrected chi connectivity index (χ0v) is 18.0. The molecule has 11 heteroatoms. The van der Waals surface area contributed by atoms with Crippen LogP contribution in [0.4, 0.5) is 26.5 Å². The van der Waals surface area contributed by atoms with E-state index in [1.807, 2.05) is 6.07 Å². The van der Waals surface area contributed by atoms with Crippen LogP contribution in [0.25, 0.3) is 0 Å². The lowest BCUT2D eigenvalue weighted by Crippen LogP contribution is -2.50. The summed E-state index contributed by atoms with van der Waals surface area (Å²) in [5.74, 6) is 0.0878. The SMILES string of the molecule is COc1cc(Nc2nc(N[C@@H](C3CCC3)[C@H](C)NC(=O)O)c(F)cc2C#N)cc(OC)n1. The Morgan fingerprint density at radius 2 is 1.88 bits per heavy atom. The van der Waals surface area contributed by atoms with Crippen molar-refractivity contribution in [2.75, 3.05) is 24.9 Å². The van der Waals surface area contributed by atoms with Gasteiger partial charge < -0.3 is 30.5 Å². The quantitative estimate of drug-likeness (QED) is 0.457. The first-order chi connectivity index (χ1) is 15.3. The summed E-state index contributed by atoms with van der Waals surface area (Å²) in [6.07, 6.45) is 1.69. The van der Waals surface area contributed by atoms with Crippen molar-refractivity contribution < 1.29 is 23.8 Å². The van der Waals surface area contributed by atoms with Gasteiger partial charge in [0.2, 0.25) is 11.8 Å². The predicted molar refractivity (Wildman–Crippen MR) is 115 cm³/mol. The fourth-order valence-electron chi connectivity index (χ4n) is 3.56. The van der Waals surface area contributed by atoms with E-state index in [1.165, 1.54) is 14.2 Å². The summed E-state index contributed by atoms with van der Waals surface area (Å²) in [6, 6.07) is 5.34. The highest BCUT2D eigenvalue weighted by Crippen LogP contribution is 2.34. The van der Waals surface area contributed by atoms with E-state index in [-0.39, 0.29) is 40.9 Å². The van der Waals surface area contributed by atoms with Gasteiger partial charge in [-0.15, -0.1) is 0 Å². The number of methoxy groups -OCH3 is 2. The Bertz CT molecular complexity index is 1000. The summed E-state index contributed by atoms with van der Waals surface area (Å²) in [5, 5.41) is 27.0. The number of nitrogens with one attached hydrogen (secondary N) is 3. The van der Waals surface area contributed by atoms with E-state index in [4.69, 9.17) is 14.6 Å². The summed E-state index contributed by atoms with van der Waals surface area (Å²) < 4.78 is 25.1. The number of nitriles is 1. The molecule has 10 nitrogen and oxygen atoms in total. The first-order valence-electron chi connectivity index (χ1n) is 10.1. The lowest BCUT2D eigenvalue weighted by Gasteiger charge is -2.38. The molecule has 0 bridgehead atoms. The van der Waals surface area contributed by atoms with Gasteiger partial charge in [-0.05, 0) is 31.7 Å². The van der Waals surface area contributed by atoms with Gasteiger partial charge in [-0.2, -0.15) is 10.2 Å². The van der Waals surface area contributed by atoms with E-state index in [0.29, 0.717) is 5.69 Å². The zero-order chi connectivity index (χ0) is 23.3. The molecule has 0 spiro atoms. The van der Waals surface area contributed by atoms with E-state index in [1.54, 1.807) is 19.1 Å². The van der Waals surface area contributed by atoms with Crippen molar-refractivity contribution in [3.63, 3.8) is 0 Å². The minimum Gasteiger partial charge on any atom is -0.481 e. The van der Waals surface area contributed by atoms with Gasteiger partial charge >= 0.3 is 6.09 Å². The topological polar surface area (TPSA) is 141 Å². The van der Waals surface area contributed by atoms with Gasteiger partial charge in [-0.25, -0.2) is 14.2 Å². The Morgan fingerprint density at radius 3 is 2.38 bits per heavy atom. The van der Waals surface area contributed by atoms with Crippen LogP contribution in [0.1, 0.15) is 31.7 Å². The summed E-state index contributed by atoms with van der Waals surface area (Å²) in [5.41, 5.74) is 0.478. The standard InChI is InChI=1S/C21H25FN6O4/c1-11(24-21(29)30)18(12-5-4-6-12)27-20-15(22)7-13(10-23)19(28-20)25-14-8-16(31-2)26-17(9-14)32-3/h7-9,11-12,18,24H,4-6H2,1-3H3,(H,29,30)(H2,25,26,27,28)/t11-,18+/m0/s1. The molecule has 0 aromatic carbocycles. The molecule has 1 saturated carbocycles. The van der Waals surface area contributed by atoms with Crippen LogP contribution in [-0.4, -0.2) is 47.5 Å². The zero-order valence-electron chi connectivity index (χ0n) is 18.0. The maximum Gasteiger partial charge on any atom is 0.404 e. The molecule has 1 aliphatic carbocycles. The van der Waals surface area contributed by atoms with Gasteiger partial charge in [0.05, 0.1) is 31.5 Å². The van der Waals surface area contributed by atoms with Gasteiger partial charge in [0.15, 0.2) is 17.5 Å². The maximum atomic E-state index is 14.8. The first kappa shape index (κ1) is 22.9. The van der Waals surface area contributed by atoms with Crippen molar-refractivity contribution in [3.8, 4) is 17.8 Å². The highest BCUT2D eigenvalue weighted by atomic mass is 19.1. The summed E-state index contributed by atoms with van der Waals surface area (Å²) in [7, 11) is 2.91. The Kier molecular flexibility index (Phi) is 7.14. The van der Waals surface area contributed by atoms with Crippen molar-refractivity contribution >= 4 is 23.4 Å². The van der Waals surface area contributed by atoms with Crippen LogP contribution in [0, 0.1) is 23.1 Å². The van der Waals surface area contributed by atoms with E-state index in [9.17, 15) is 14.4 Å². The van der Waals surface area contributed by atoms with Crippen molar-refractivity contribution in [1.82, 2.24) is 15.3 Å². The van der Waals surface area contributed by atoms with Crippen molar-refractivity contribution in [3.05, 3.63) is 29.6 Å². The lowest BCUT2D eigenvalue weighted by atomic mass is 9.77. The third kappa shape index (κ3) is 5.26. The molecule has 2 heterocycles. The number of rotatable bonds is 9. The molecule has 0 saturated heterocycles. The maximum absolute atomic E-state index is 14.8. The minimum absolute atomic E-state index is 0.000278. The smallest absolute Gasteiger partial charge is 0.404 e. The molecule has 1 amide bonds.